The molecule has 0 aliphatic heterocycles. The molecule has 0 saturated carbocycles. The maximum Gasteiger partial charge on any atom is 0.357 e. The van der Waals surface area contributed by atoms with E-state index in [-0.39, 0.29) is 23.6 Å². The number of nitrogens with two attached hydrogens (primary N) is 1. The van der Waals surface area contributed by atoms with Gasteiger partial charge in [-0.1, -0.05) is 23.2 Å². The van der Waals surface area contributed by atoms with Gasteiger partial charge in [-0.05, 0) is 25.1 Å². The van der Waals surface area contributed by atoms with Crippen LogP contribution in [-0.4, -0.2) is 17.1 Å². The van der Waals surface area contributed by atoms with E-state index in [4.69, 9.17) is 38.9 Å². The van der Waals surface area contributed by atoms with Crippen molar-refractivity contribution in [3.05, 3.63) is 45.7 Å². The van der Waals surface area contributed by atoms with Crippen LogP contribution >= 0.6 is 23.2 Å². The summed E-state index contributed by atoms with van der Waals surface area (Å²) in [5.41, 5.74) is 6.63. The number of benzene rings is 1. The van der Waals surface area contributed by atoms with E-state index in [0.29, 0.717) is 15.7 Å². The van der Waals surface area contributed by atoms with Crippen molar-refractivity contribution in [2.45, 2.75) is 6.92 Å². The number of halogens is 2. The van der Waals surface area contributed by atoms with Crippen LogP contribution in [0.1, 0.15) is 23.0 Å². The lowest BCUT2D eigenvalue weighted by Gasteiger charge is -2.11. The fourth-order valence-corrected chi connectivity index (χ4v) is 2.38. The summed E-state index contributed by atoms with van der Waals surface area (Å²) < 4.78 is 6.41. The number of carbonyl (C=O) groups excluding carboxylic acids is 1. The second-order valence-electron chi connectivity index (χ2n) is 4.10. The van der Waals surface area contributed by atoms with Gasteiger partial charge >= 0.3 is 5.97 Å². The first-order valence-corrected chi connectivity index (χ1v) is 6.78. The Morgan fingerprint density at radius 2 is 2.19 bits per heavy atom. The maximum atomic E-state index is 12.1. The normalized spacial score (nSPS) is 10.2. The Hall–Kier alpha value is -2.16. The van der Waals surface area contributed by atoms with E-state index in [0.717, 1.165) is 0 Å². The van der Waals surface area contributed by atoms with E-state index in [1.54, 1.807) is 19.1 Å². The molecule has 0 spiro atoms. The fourth-order valence-electron chi connectivity index (χ4n) is 1.88. The van der Waals surface area contributed by atoms with Crippen molar-refractivity contribution < 1.29 is 9.53 Å². The minimum atomic E-state index is -0.623. The first kappa shape index (κ1) is 15.2. The predicted molar refractivity (Wildman–Crippen MR) is 80.9 cm³/mol. The molecule has 0 saturated heterocycles. The Balaban J connectivity index is 2.68. The molecule has 7 heteroatoms. The molecule has 2 aromatic rings. The third-order valence-corrected chi connectivity index (χ3v) is 3.34. The summed E-state index contributed by atoms with van der Waals surface area (Å²) in [6.45, 7) is 1.88. The van der Waals surface area contributed by atoms with Crippen LogP contribution < -0.4 is 5.73 Å². The second-order valence-corrected chi connectivity index (χ2v) is 4.95. The molecule has 0 unspecified atom stereocenters. The van der Waals surface area contributed by atoms with Gasteiger partial charge in [0.05, 0.1) is 28.6 Å². The average molecular weight is 324 g/mol. The molecule has 21 heavy (non-hydrogen) atoms. The number of rotatable bonds is 3. The van der Waals surface area contributed by atoms with Crippen molar-refractivity contribution >= 4 is 34.9 Å². The molecule has 0 aliphatic rings. The topological polar surface area (TPSA) is 81.0 Å². The van der Waals surface area contributed by atoms with Gasteiger partial charge in [-0.15, -0.1) is 0 Å². The van der Waals surface area contributed by atoms with E-state index in [1.165, 1.54) is 16.8 Å². The number of hydrogen-bond donors (Lipinski definition) is 1. The zero-order valence-corrected chi connectivity index (χ0v) is 12.6. The molecule has 0 fully saturated rings. The number of carbonyl (C=O) groups is 1. The molecule has 2 N–H and O–H groups in total. The van der Waals surface area contributed by atoms with Crippen molar-refractivity contribution in [2.24, 2.45) is 0 Å². The summed E-state index contributed by atoms with van der Waals surface area (Å²) in [4.78, 5) is 12.1. The molecule has 1 heterocycles. The van der Waals surface area contributed by atoms with Gasteiger partial charge in [0.15, 0.2) is 5.69 Å². The Bertz CT molecular complexity index is 747. The van der Waals surface area contributed by atoms with E-state index in [9.17, 15) is 4.79 Å². The quantitative estimate of drug-likeness (QED) is 0.877. The van der Waals surface area contributed by atoms with E-state index in [2.05, 4.69) is 0 Å². The van der Waals surface area contributed by atoms with Crippen molar-refractivity contribution in [1.29, 1.82) is 5.26 Å². The van der Waals surface area contributed by atoms with Gasteiger partial charge in [0, 0.05) is 11.2 Å². The van der Waals surface area contributed by atoms with Crippen LogP contribution in [0.25, 0.3) is 5.69 Å². The van der Waals surface area contributed by atoms with Crippen molar-refractivity contribution in [1.82, 2.24) is 4.57 Å². The summed E-state index contributed by atoms with van der Waals surface area (Å²) >= 11 is 12.0. The van der Waals surface area contributed by atoms with Crippen molar-refractivity contribution in [3.8, 4) is 11.8 Å². The highest BCUT2D eigenvalue weighted by molar-refractivity contribution is 6.35. The smallest absolute Gasteiger partial charge is 0.357 e. The molecule has 1 aromatic heterocycles. The van der Waals surface area contributed by atoms with Gasteiger partial charge in [-0.2, -0.15) is 5.26 Å². The monoisotopic (exact) mass is 323 g/mol. The average Bonchev–Trinajstić information content (AvgIpc) is 2.75. The molecule has 2 rings (SSSR count). The first-order chi connectivity index (χ1) is 9.99. The highest BCUT2D eigenvalue weighted by Crippen LogP contribution is 2.30. The van der Waals surface area contributed by atoms with E-state index in [1.807, 2.05) is 6.07 Å². The minimum absolute atomic E-state index is 0.0574. The zero-order valence-electron chi connectivity index (χ0n) is 11.1. The fraction of sp³-hybridized carbons (Fsp3) is 0.143. The molecule has 1 aromatic carbocycles. The van der Waals surface area contributed by atoms with E-state index < -0.39 is 5.97 Å². The summed E-state index contributed by atoms with van der Waals surface area (Å²) in [7, 11) is 0. The molecule has 0 radical (unpaired) electrons. The highest BCUT2D eigenvalue weighted by Gasteiger charge is 2.23. The number of nitrogen functional groups attached to an aromatic ring is 1. The first-order valence-electron chi connectivity index (χ1n) is 6.03. The van der Waals surface area contributed by atoms with Crippen LogP contribution in [0.3, 0.4) is 0 Å². The Kier molecular flexibility index (Phi) is 4.41. The molecule has 0 atom stereocenters. The number of nitriles is 1. The van der Waals surface area contributed by atoms with Gasteiger partial charge < -0.3 is 15.0 Å². The SMILES string of the molecule is CCOC(=O)c1c(N)c(C#N)cn1-c1ccc(Cl)cc1Cl. The third-order valence-electron chi connectivity index (χ3n) is 2.80. The number of nitrogens with zero attached hydrogens (tertiary/aromatic N) is 2. The van der Waals surface area contributed by atoms with Crippen LogP contribution in [0.2, 0.25) is 10.0 Å². The van der Waals surface area contributed by atoms with Gasteiger partial charge in [-0.3, -0.25) is 0 Å². The maximum absolute atomic E-state index is 12.1. The van der Waals surface area contributed by atoms with Crippen molar-refractivity contribution in [2.75, 3.05) is 12.3 Å². The standard InChI is InChI=1S/C14H11Cl2N3O2/c1-2-21-14(20)13-12(18)8(6-17)7-19(13)11-4-3-9(15)5-10(11)16/h3-5,7H,2,18H2,1H3. The van der Waals surface area contributed by atoms with Crippen LogP contribution in [0.5, 0.6) is 0 Å². The Morgan fingerprint density at radius 3 is 2.76 bits per heavy atom. The van der Waals surface area contributed by atoms with Gasteiger partial charge in [0.25, 0.3) is 0 Å². The number of anilines is 1. The number of aromatic nitrogens is 1. The van der Waals surface area contributed by atoms with E-state index >= 15 is 0 Å². The van der Waals surface area contributed by atoms with Crippen molar-refractivity contribution in [3.63, 3.8) is 0 Å². The highest BCUT2D eigenvalue weighted by atomic mass is 35.5. The molecular formula is C14H11Cl2N3O2. The van der Waals surface area contributed by atoms with Crippen LogP contribution in [0, 0.1) is 11.3 Å². The summed E-state index contributed by atoms with van der Waals surface area (Å²) in [6, 6.07) is 6.73. The zero-order chi connectivity index (χ0) is 15.6. The second kappa shape index (κ2) is 6.08. The number of hydrogen-bond acceptors (Lipinski definition) is 4. The minimum Gasteiger partial charge on any atom is -0.461 e. The molecule has 108 valence electrons. The van der Waals surface area contributed by atoms with Gasteiger partial charge in [0.1, 0.15) is 6.07 Å². The largest absolute Gasteiger partial charge is 0.461 e. The van der Waals surface area contributed by atoms with Crippen LogP contribution in [-0.2, 0) is 4.74 Å². The van der Waals surface area contributed by atoms with Gasteiger partial charge in [0.2, 0.25) is 0 Å². The molecular weight excluding hydrogens is 313 g/mol. The lowest BCUT2D eigenvalue weighted by molar-refractivity contribution is 0.0518. The summed E-state index contributed by atoms with van der Waals surface area (Å²) in [5, 5.41) is 9.87. The lowest BCUT2D eigenvalue weighted by atomic mass is 10.2. The van der Waals surface area contributed by atoms with Crippen LogP contribution in [0.15, 0.2) is 24.4 Å². The summed E-state index contributed by atoms with van der Waals surface area (Å²) in [6.07, 6.45) is 1.44. The Labute approximate surface area is 131 Å². The van der Waals surface area contributed by atoms with Gasteiger partial charge in [-0.25, -0.2) is 4.79 Å². The molecule has 0 amide bonds. The van der Waals surface area contributed by atoms with Crippen LogP contribution in [0.4, 0.5) is 5.69 Å². The third kappa shape index (κ3) is 2.82. The molecule has 5 nitrogen and oxygen atoms in total. The molecule has 0 bridgehead atoms. The number of esters is 1. The predicted octanol–water partition coefficient (Wildman–Crippen LogP) is 3.41. The lowest BCUT2D eigenvalue weighted by Crippen LogP contribution is -2.13. The number of ether oxygens (including phenoxy) is 1. The Morgan fingerprint density at radius 1 is 1.48 bits per heavy atom. The molecule has 0 aliphatic carbocycles. The summed E-state index contributed by atoms with van der Waals surface area (Å²) in [5.74, 6) is -0.623.